The van der Waals surface area contributed by atoms with Gasteiger partial charge in [-0.3, -0.25) is 24.6 Å². The molecule has 0 aromatic heterocycles. The first-order valence-electron chi connectivity index (χ1n) is 3.73. The lowest BCUT2D eigenvalue weighted by Gasteiger charge is -2.07. The number of hydrogen-bond acceptors (Lipinski definition) is 4. The molecule has 1 aromatic rings. The van der Waals surface area contributed by atoms with Crippen molar-refractivity contribution in [3.05, 3.63) is 34.1 Å². The average molecular weight is 212 g/mol. The summed E-state index contributed by atoms with van der Waals surface area (Å²) in [5.41, 5.74) is -0.852. The fourth-order valence-electron chi connectivity index (χ4n) is 0.948. The number of carbonyl (C=O) groups excluding carboxylic acids is 2. The summed E-state index contributed by atoms with van der Waals surface area (Å²) < 4.78 is 12.9. The molecule has 0 aliphatic carbocycles. The van der Waals surface area contributed by atoms with E-state index in [-0.39, 0.29) is 18.5 Å². The number of nitrogens with zero attached hydrogens (tertiary/aromatic N) is 2. The molecule has 7 heteroatoms. The third kappa shape index (κ3) is 2.13. The fourth-order valence-corrected chi connectivity index (χ4v) is 0.948. The second kappa shape index (κ2) is 4.27. The van der Waals surface area contributed by atoms with E-state index in [4.69, 9.17) is 0 Å². The van der Waals surface area contributed by atoms with Crippen LogP contribution in [0.25, 0.3) is 0 Å². The van der Waals surface area contributed by atoms with Gasteiger partial charge in [-0.25, -0.2) is 0 Å². The van der Waals surface area contributed by atoms with Gasteiger partial charge in [0.1, 0.15) is 0 Å². The van der Waals surface area contributed by atoms with Crippen LogP contribution in [0, 0.1) is 15.9 Å². The van der Waals surface area contributed by atoms with Gasteiger partial charge < -0.3 is 0 Å². The maximum Gasteiger partial charge on any atom is 0.306 e. The molecule has 1 aromatic carbocycles. The van der Waals surface area contributed by atoms with Gasteiger partial charge in [0.05, 0.1) is 10.6 Å². The first kappa shape index (κ1) is 10.8. The van der Waals surface area contributed by atoms with Crippen LogP contribution < -0.4 is 4.90 Å². The fraction of sp³-hybridized carbons (Fsp3) is 0. The summed E-state index contributed by atoms with van der Waals surface area (Å²) in [5, 5.41) is 10.3. The molecular weight excluding hydrogens is 207 g/mol. The van der Waals surface area contributed by atoms with E-state index < -0.39 is 16.4 Å². The van der Waals surface area contributed by atoms with Gasteiger partial charge in [-0.15, -0.1) is 0 Å². The third-order valence-corrected chi connectivity index (χ3v) is 1.65. The number of nitro groups is 1. The molecule has 0 heterocycles. The molecule has 0 radical (unpaired) electrons. The molecule has 0 saturated carbocycles. The topological polar surface area (TPSA) is 80.5 Å². The van der Waals surface area contributed by atoms with Gasteiger partial charge in [0, 0.05) is 6.07 Å². The minimum atomic E-state index is -1.03. The van der Waals surface area contributed by atoms with E-state index in [9.17, 15) is 24.1 Å². The molecule has 15 heavy (non-hydrogen) atoms. The van der Waals surface area contributed by atoms with Crippen molar-refractivity contribution in [2.45, 2.75) is 0 Å². The molecule has 0 fully saturated rings. The lowest BCUT2D eigenvalue weighted by atomic mass is 10.2. The molecule has 78 valence electrons. The highest BCUT2D eigenvalue weighted by Gasteiger charge is 2.16. The van der Waals surface area contributed by atoms with Crippen molar-refractivity contribution < 1.29 is 18.9 Å². The zero-order valence-corrected chi connectivity index (χ0v) is 7.29. The average Bonchev–Trinajstić information content (AvgIpc) is 2.21. The van der Waals surface area contributed by atoms with Crippen LogP contribution in [0.15, 0.2) is 18.2 Å². The molecule has 2 amide bonds. The number of amides is 2. The highest BCUT2D eigenvalue weighted by atomic mass is 19.1. The van der Waals surface area contributed by atoms with E-state index >= 15 is 0 Å². The summed E-state index contributed by atoms with van der Waals surface area (Å²) in [4.78, 5) is 30.6. The summed E-state index contributed by atoms with van der Waals surface area (Å²) >= 11 is 0. The largest absolute Gasteiger partial charge is 0.306 e. The Labute approximate surface area is 83.1 Å². The molecule has 0 bridgehead atoms. The highest BCUT2D eigenvalue weighted by molar-refractivity contribution is 5.95. The maximum absolute atomic E-state index is 12.9. The van der Waals surface area contributed by atoms with Crippen molar-refractivity contribution in [3.63, 3.8) is 0 Å². The maximum atomic E-state index is 12.9. The Morgan fingerprint density at radius 3 is 2.40 bits per heavy atom. The zero-order chi connectivity index (χ0) is 11.4. The number of carbonyl (C=O) groups is 2. The molecule has 0 aliphatic rings. The van der Waals surface area contributed by atoms with Gasteiger partial charge in [0.15, 0.2) is 0 Å². The minimum Gasteiger partial charge on any atom is -0.278 e. The number of hydrogen-bond donors (Lipinski definition) is 0. The van der Waals surface area contributed by atoms with E-state index in [1.165, 1.54) is 0 Å². The van der Waals surface area contributed by atoms with Crippen molar-refractivity contribution in [1.82, 2.24) is 0 Å². The van der Waals surface area contributed by atoms with Crippen LogP contribution in [0.2, 0.25) is 0 Å². The summed E-state index contributed by atoms with van der Waals surface area (Å²) in [6, 6.07) is 2.71. The lowest BCUT2D eigenvalue weighted by molar-refractivity contribution is -0.387. The summed E-state index contributed by atoms with van der Waals surface area (Å²) in [5.74, 6) is -1.03. The quantitative estimate of drug-likeness (QED) is 0.421. The molecule has 0 aliphatic heterocycles. The Kier molecular flexibility index (Phi) is 3.06. The second-order valence-corrected chi connectivity index (χ2v) is 2.51. The van der Waals surface area contributed by atoms with E-state index in [0.717, 1.165) is 18.2 Å². The smallest absolute Gasteiger partial charge is 0.278 e. The Morgan fingerprint density at radius 1 is 1.33 bits per heavy atom. The summed E-state index contributed by atoms with van der Waals surface area (Å²) in [6.45, 7) is 0. The van der Waals surface area contributed by atoms with E-state index in [1.54, 1.807) is 0 Å². The molecule has 0 spiro atoms. The van der Waals surface area contributed by atoms with Gasteiger partial charge in [-0.1, -0.05) is 0 Å². The first-order chi connectivity index (χ1) is 7.10. The van der Waals surface area contributed by atoms with E-state index in [0.29, 0.717) is 4.90 Å². The number of imide groups is 1. The lowest BCUT2D eigenvalue weighted by Crippen LogP contribution is -2.18. The molecule has 0 atom stereocenters. The minimum absolute atomic E-state index is 0.0619. The van der Waals surface area contributed by atoms with Crippen LogP contribution in [0.3, 0.4) is 0 Å². The Hall–Kier alpha value is -2.31. The summed E-state index contributed by atoms with van der Waals surface area (Å²) in [7, 11) is 0. The zero-order valence-electron chi connectivity index (χ0n) is 7.29. The SMILES string of the molecule is O=CN(C=O)c1ccc(F)c([N+](=O)[O-])c1. The van der Waals surface area contributed by atoms with Crippen molar-refractivity contribution in [1.29, 1.82) is 0 Å². The van der Waals surface area contributed by atoms with Crippen LogP contribution in [-0.2, 0) is 9.59 Å². The number of anilines is 1. The first-order valence-corrected chi connectivity index (χ1v) is 3.73. The van der Waals surface area contributed by atoms with Gasteiger partial charge in [-0.2, -0.15) is 4.39 Å². The molecule has 0 N–H and O–H groups in total. The molecule has 0 saturated heterocycles. The Balaban J connectivity index is 3.23. The number of nitro benzene ring substituents is 1. The second-order valence-electron chi connectivity index (χ2n) is 2.51. The number of rotatable bonds is 4. The van der Waals surface area contributed by atoms with Gasteiger partial charge in [0.2, 0.25) is 18.6 Å². The van der Waals surface area contributed by atoms with Crippen LogP contribution in [0.1, 0.15) is 0 Å². The van der Waals surface area contributed by atoms with Crippen LogP contribution >= 0.6 is 0 Å². The standard InChI is InChI=1S/C8H5FN2O4/c9-7-2-1-6(10(4-12)5-13)3-8(7)11(14)15/h1-5H. The van der Waals surface area contributed by atoms with Gasteiger partial charge in [0.25, 0.3) is 0 Å². The predicted octanol–water partition coefficient (Wildman–Crippen LogP) is 0.853. The summed E-state index contributed by atoms with van der Waals surface area (Å²) in [6.07, 6.45) is 0.341. The molecule has 1 rings (SSSR count). The van der Waals surface area contributed by atoms with Crippen LogP contribution in [0.5, 0.6) is 0 Å². The molecule has 6 nitrogen and oxygen atoms in total. The normalized spacial score (nSPS) is 9.40. The van der Waals surface area contributed by atoms with E-state index in [1.807, 2.05) is 0 Å². The predicted molar refractivity (Wildman–Crippen MR) is 47.7 cm³/mol. The number of benzene rings is 1. The Bertz CT molecular complexity index is 413. The van der Waals surface area contributed by atoms with Gasteiger partial charge >= 0.3 is 5.69 Å². The van der Waals surface area contributed by atoms with Crippen molar-refractivity contribution in [3.8, 4) is 0 Å². The monoisotopic (exact) mass is 212 g/mol. The highest BCUT2D eigenvalue weighted by Crippen LogP contribution is 2.23. The van der Waals surface area contributed by atoms with E-state index in [2.05, 4.69) is 0 Å². The van der Waals surface area contributed by atoms with Crippen molar-refractivity contribution in [2.75, 3.05) is 4.90 Å². The van der Waals surface area contributed by atoms with Crippen molar-refractivity contribution in [2.24, 2.45) is 0 Å². The molecular formula is C8H5FN2O4. The third-order valence-electron chi connectivity index (χ3n) is 1.65. The van der Waals surface area contributed by atoms with Crippen LogP contribution in [0.4, 0.5) is 15.8 Å². The van der Waals surface area contributed by atoms with Crippen LogP contribution in [-0.4, -0.2) is 17.7 Å². The van der Waals surface area contributed by atoms with Gasteiger partial charge in [-0.05, 0) is 12.1 Å². The number of halogens is 1. The molecule has 0 unspecified atom stereocenters. The van der Waals surface area contributed by atoms with Crippen molar-refractivity contribution >= 4 is 24.2 Å². The Morgan fingerprint density at radius 2 is 1.93 bits per heavy atom.